The van der Waals surface area contributed by atoms with Gasteiger partial charge >= 0.3 is 0 Å². The number of Topliss-reactive ketones (excluding diaryl/α,β-unsaturated/α-hetero) is 1. The molecule has 184 valence electrons. The van der Waals surface area contributed by atoms with Gasteiger partial charge in [-0.2, -0.15) is 0 Å². The molecule has 1 saturated heterocycles. The van der Waals surface area contributed by atoms with E-state index in [0.29, 0.717) is 35.8 Å². The maximum Gasteiger partial charge on any atom is 0.295 e. The Labute approximate surface area is 210 Å². The Morgan fingerprint density at radius 1 is 1.06 bits per heavy atom. The summed E-state index contributed by atoms with van der Waals surface area (Å²) in [5.74, 6) is -0.362. The van der Waals surface area contributed by atoms with Crippen molar-refractivity contribution in [3.8, 4) is 11.5 Å². The summed E-state index contributed by atoms with van der Waals surface area (Å²) in [5, 5.41) is 11.2. The number of benzene rings is 2. The molecular weight excluding hydrogens is 456 g/mol. The van der Waals surface area contributed by atoms with Crippen LogP contribution in [0.25, 0.3) is 5.76 Å². The predicted octanol–water partition coefficient (Wildman–Crippen LogP) is 5.06. The van der Waals surface area contributed by atoms with Gasteiger partial charge in [0.25, 0.3) is 11.7 Å². The third kappa shape index (κ3) is 5.30. The Hall–Kier alpha value is -4.39. The zero-order valence-electron chi connectivity index (χ0n) is 20.1. The van der Waals surface area contributed by atoms with Crippen molar-refractivity contribution in [2.45, 2.75) is 25.9 Å². The second kappa shape index (κ2) is 11.4. The number of nitrogens with zero attached hydrogens (tertiary/aromatic N) is 2. The first-order valence-electron chi connectivity index (χ1n) is 11.8. The van der Waals surface area contributed by atoms with Crippen molar-refractivity contribution in [1.82, 2.24) is 9.88 Å². The van der Waals surface area contributed by atoms with Crippen LogP contribution in [-0.4, -0.2) is 39.9 Å². The Bertz CT molecular complexity index is 1250. The minimum atomic E-state index is -0.776. The molecule has 0 saturated carbocycles. The van der Waals surface area contributed by atoms with Crippen LogP contribution in [0, 0.1) is 0 Å². The number of amides is 1. The quantitative estimate of drug-likeness (QED) is 0.187. The lowest BCUT2D eigenvalue weighted by molar-refractivity contribution is -0.140. The average molecular weight is 485 g/mol. The van der Waals surface area contributed by atoms with Gasteiger partial charge in [0.05, 0.1) is 18.2 Å². The zero-order valence-corrected chi connectivity index (χ0v) is 20.1. The molecule has 0 radical (unpaired) electrons. The van der Waals surface area contributed by atoms with Gasteiger partial charge < -0.3 is 19.5 Å². The molecule has 1 amide bonds. The first kappa shape index (κ1) is 24.7. The monoisotopic (exact) mass is 484 g/mol. The van der Waals surface area contributed by atoms with Gasteiger partial charge in [-0.05, 0) is 60.0 Å². The fraction of sp³-hybridized carbons (Fsp3) is 0.207. The fourth-order valence-electron chi connectivity index (χ4n) is 4.06. The third-order valence-electron chi connectivity index (χ3n) is 5.78. The lowest BCUT2D eigenvalue weighted by atomic mass is 9.95. The van der Waals surface area contributed by atoms with Gasteiger partial charge in [0.15, 0.2) is 0 Å². The second-order valence-electron chi connectivity index (χ2n) is 8.33. The number of ketones is 1. The van der Waals surface area contributed by atoms with Gasteiger partial charge in [-0.25, -0.2) is 0 Å². The molecule has 4 rings (SSSR count). The first-order chi connectivity index (χ1) is 17.5. The van der Waals surface area contributed by atoms with Gasteiger partial charge in [0, 0.05) is 24.5 Å². The highest BCUT2D eigenvalue weighted by molar-refractivity contribution is 6.46. The summed E-state index contributed by atoms with van der Waals surface area (Å²) in [7, 11) is 0. The predicted molar refractivity (Wildman–Crippen MR) is 136 cm³/mol. The van der Waals surface area contributed by atoms with Gasteiger partial charge in [0.2, 0.25) is 0 Å². The number of carbonyl (C=O) groups is 2. The molecule has 2 aromatic carbocycles. The molecule has 1 unspecified atom stereocenters. The lowest BCUT2D eigenvalue weighted by Crippen LogP contribution is -2.29. The van der Waals surface area contributed by atoms with Crippen LogP contribution in [0.1, 0.15) is 36.1 Å². The van der Waals surface area contributed by atoms with Crippen LogP contribution < -0.4 is 9.47 Å². The molecule has 1 N–H and O–H groups in total. The van der Waals surface area contributed by atoms with Crippen molar-refractivity contribution in [3.63, 3.8) is 0 Å². The molecule has 7 nitrogen and oxygen atoms in total. The summed E-state index contributed by atoms with van der Waals surface area (Å²) in [6.07, 6.45) is 5.81. The number of carbonyl (C=O) groups excluding carboxylic acids is 2. The largest absolute Gasteiger partial charge is 0.507 e. The highest BCUT2D eigenvalue weighted by Crippen LogP contribution is 2.40. The molecule has 0 aliphatic carbocycles. The van der Waals surface area contributed by atoms with E-state index in [4.69, 9.17) is 9.47 Å². The fourth-order valence-corrected chi connectivity index (χ4v) is 4.06. The minimum Gasteiger partial charge on any atom is -0.507 e. The number of rotatable bonds is 10. The number of hydrogen-bond acceptors (Lipinski definition) is 6. The summed E-state index contributed by atoms with van der Waals surface area (Å²) in [6.45, 7) is 6.76. The molecule has 1 atom stereocenters. The number of ether oxygens (including phenoxy) is 2. The number of aromatic nitrogens is 1. The lowest BCUT2D eigenvalue weighted by Gasteiger charge is -2.25. The van der Waals surface area contributed by atoms with E-state index in [2.05, 4.69) is 11.6 Å². The van der Waals surface area contributed by atoms with Crippen LogP contribution in [0.4, 0.5) is 0 Å². The van der Waals surface area contributed by atoms with Crippen LogP contribution in [-0.2, 0) is 16.1 Å². The van der Waals surface area contributed by atoms with E-state index in [1.165, 1.54) is 4.90 Å². The molecule has 0 spiro atoms. The Kier molecular flexibility index (Phi) is 7.80. The highest BCUT2D eigenvalue weighted by atomic mass is 16.5. The first-order valence-corrected chi connectivity index (χ1v) is 11.8. The Morgan fingerprint density at radius 3 is 2.39 bits per heavy atom. The topological polar surface area (TPSA) is 89.0 Å². The maximum atomic E-state index is 13.2. The van der Waals surface area contributed by atoms with Crippen molar-refractivity contribution in [1.29, 1.82) is 0 Å². The molecule has 36 heavy (non-hydrogen) atoms. The normalized spacial score (nSPS) is 16.7. The molecule has 0 bridgehead atoms. The molecule has 2 heterocycles. The number of pyridine rings is 1. The number of aliphatic hydroxyl groups is 1. The summed E-state index contributed by atoms with van der Waals surface area (Å²) in [5.41, 5.74) is 1.91. The van der Waals surface area contributed by atoms with E-state index < -0.39 is 17.7 Å². The highest BCUT2D eigenvalue weighted by Gasteiger charge is 2.46. The van der Waals surface area contributed by atoms with E-state index in [1.54, 1.807) is 60.9 Å². The van der Waals surface area contributed by atoms with Gasteiger partial charge in [-0.1, -0.05) is 37.8 Å². The summed E-state index contributed by atoms with van der Waals surface area (Å²) in [4.78, 5) is 32.0. The molecule has 7 heteroatoms. The molecule has 1 aliphatic heterocycles. The standard InChI is InChI=1S/C29H28N2O5/c1-3-16-35-23-11-7-21(8-12-23)26-25(27(32)22-9-13-24(14-10-22)36-17-4-2)28(33)29(34)31(26)19-20-6-5-15-30-18-20/h4-15,18,26,32H,2-3,16-17,19H2,1H3/b27-25+. The smallest absolute Gasteiger partial charge is 0.295 e. The van der Waals surface area contributed by atoms with E-state index in [-0.39, 0.29) is 17.9 Å². The maximum absolute atomic E-state index is 13.2. The molecule has 1 fully saturated rings. The van der Waals surface area contributed by atoms with Crippen molar-refractivity contribution in [2.24, 2.45) is 0 Å². The summed E-state index contributed by atoms with van der Waals surface area (Å²) < 4.78 is 11.2. The van der Waals surface area contributed by atoms with Crippen molar-refractivity contribution in [3.05, 3.63) is 108 Å². The number of aliphatic hydroxyl groups excluding tert-OH is 1. The van der Waals surface area contributed by atoms with E-state index >= 15 is 0 Å². The van der Waals surface area contributed by atoms with Crippen molar-refractivity contribution in [2.75, 3.05) is 13.2 Å². The number of likely N-dealkylation sites (tertiary alicyclic amines) is 1. The van der Waals surface area contributed by atoms with E-state index in [9.17, 15) is 14.7 Å². The molecular formula is C29H28N2O5. The van der Waals surface area contributed by atoms with E-state index in [0.717, 1.165) is 12.0 Å². The van der Waals surface area contributed by atoms with Crippen molar-refractivity contribution >= 4 is 17.4 Å². The van der Waals surface area contributed by atoms with Crippen LogP contribution in [0.15, 0.2) is 91.3 Å². The summed E-state index contributed by atoms with van der Waals surface area (Å²) >= 11 is 0. The molecule has 1 aliphatic rings. The Morgan fingerprint density at radius 2 is 1.75 bits per heavy atom. The summed E-state index contributed by atoms with van der Waals surface area (Å²) in [6, 6.07) is 16.8. The average Bonchev–Trinajstić information content (AvgIpc) is 3.16. The van der Waals surface area contributed by atoms with E-state index in [1.807, 2.05) is 25.1 Å². The molecule has 3 aromatic rings. The number of hydrogen-bond donors (Lipinski definition) is 1. The van der Waals surface area contributed by atoms with Crippen molar-refractivity contribution < 1.29 is 24.2 Å². The minimum absolute atomic E-state index is 0.0332. The third-order valence-corrected chi connectivity index (χ3v) is 5.78. The Balaban J connectivity index is 1.75. The van der Waals surface area contributed by atoms with Gasteiger partial charge in [-0.3, -0.25) is 14.6 Å². The SMILES string of the molecule is C=CCOc1ccc(/C(O)=C2\C(=O)C(=O)N(Cc3cccnc3)C2c2ccc(OCCC)cc2)cc1. The zero-order chi connectivity index (χ0) is 25.5. The molecule has 1 aromatic heterocycles. The van der Waals surface area contributed by atoms with Crippen LogP contribution in [0.2, 0.25) is 0 Å². The van der Waals surface area contributed by atoms with Crippen LogP contribution in [0.3, 0.4) is 0 Å². The van der Waals surface area contributed by atoms with Gasteiger partial charge in [-0.15, -0.1) is 0 Å². The van der Waals surface area contributed by atoms with Gasteiger partial charge in [0.1, 0.15) is 23.9 Å². The van der Waals surface area contributed by atoms with Crippen LogP contribution >= 0.6 is 0 Å². The van der Waals surface area contributed by atoms with Crippen LogP contribution in [0.5, 0.6) is 11.5 Å². The second-order valence-corrected chi connectivity index (χ2v) is 8.33.